The van der Waals surface area contributed by atoms with E-state index in [-0.39, 0.29) is 0 Å². The molecule has 2 aromatic heterocycles. The summed E-state index contributed by atoms with van der Waals surface area (Å²) < 4.78 is 6.97. The van der Waals surface area contributed by atoms with Crippen LogP contribution in [0.25, 0.3) is 28.5 Å². The number of benzene rings is 2. The molecule has 2 aromatic carbocycles. The maximum atomic E-state index is 5.17. The quantitative estimate of drug-likeness (QED) is 0.550. The van der Waals surface area contributed by atoms with E-state index >= 15 is 0 Å². The minimum atomic E-state index is 0.763. The fourth-order valence-electron chi connectivity index (χ4n) is 2.55. The largest absolute Gasteiger partial charge is 0.497 e. The molecule has 0 unspecified atom stereocenters. The third-order valence-electron chi connectivity index (χ3n) is 3.82. The van der Waals surface area contributed by atoms with E-state index in [1.54, 1.807) is 11.6 Å². The average molecular weight is 348 g/mol. The van der Waals surface area contributed by atoms with Gasteiger partial charge in [-0.15, -0.1) is 10.2 Å². The fourth-order valence-corrected chi connectivity index (χ4v) is 3.29. The van der Waals surface area contributed by atoms with Gasteiger partial charge >= 0.3 is 0 Å². The normalized spacial score (nSPS) is 11.4. The van der Waals surface area contributed by atoms with Crippen LogP contribution in [-0.2, 0) is 0 Å². The Morgan fingerprint density at radius 2 is 1.88 bits per heavy atom. The molecule has 0 spiro atoms. The van der Waals surface area contributed by atoms with Gasteiger partial charge in [-0.3, -0.25) is 0 Å². The van der Waals surface area contributed by atoms with Crippen LogP contribution >= 0.6 is 11.3 Å². The second-order valence-electron chi connectivity index (χ2n) is 5.63. The number of hydrogen-bond donors (Lipinski definition) is 0. The fraction of sp³-hybridized carbons (Fsp3) is 0.105. The van der Waals surface area contributed by atoms with Crippen molar-refractivity contribution in [1.29, 1.82) is 0 Å². The van der Waals surface area contributed by atoms with Crippen LogP contribution in [0, 0.1) is 6.92 Å². The molecule has 0 N–H and O–H groups in total. The van der Waals surface area contributed by atoms with Crippen molar-refractivity contribution in [1.82, 2.24) is 19.8 Å². The third kappa shape index (κ3) is 3.16. The van der Waals surface area contributed by atoms with Gasteiger partial charge in [0, 0.05) is 5.56 Å². The summed E-state index contributed by atoms with van der Waals surface area (Å²) in [6.45, 7) is 2.06. The first-order valence-electron chi connectivity index (χ1n) is 7.84. The third-order valence-corrected chi connectivity index (χ3v) is 4.68. The molecule has 0 radical (unpaired) electrons. The van der Waals surface area contributed by atoms with Crippen LogP contribution in [0.2, 0.25) is 0 Å². The molecule has 0 aliphatic heterocycles. The molecule has 0 aliphatic rings. The maximum absolute atomic E-state index is 5.17. The lowest BCUT2D eigenvalue weighted by molar-refractivity contribution is 0.415. The lowest BCUT2D eigenvalue weighted by atomic mass is 10.1. The Morgan fingerprint density at radius 3 is 2.64 bits per heavy atom. The van der Waals surface area contributed by atoms with Crippen molar-refractivity contribution >= 4 is 28.4 Å². The molecule has 0 bridgehead atoms. The zero-order valence-corrected chi connectivity index (χ0v) is 14.7. The minimum absolute atomic E-state index is 0.763. The predicted molar refractivity (Wildman–Crippen MR) is 101 cm³/mol. The van der Waals surface area contributed by atoms with E-state index in [0.29, 0.717) is 0 Å². The number of hydrogen-bond acceptors (Lipinski definition) is 5. The molecule has 0 aliphatic carbocycles. The SMILES string of the molecule is COc1ccc(C=Cc2nn3c(-c4cccc(C)c4)nnc3s2)cc1. The number of nitrogens with zero attached hydrogens (tertiary/aromatic N) is 4. The van der Waals surface area contributed by atoms with Crippen LogP contribution in [0.1, 0.15) is 16.1 Å². The highest BCUT2D eigenvalue weighted by Crippen LogP contribution is 2.23. The Bertz CT molecular complexity index is 1050. The van der Waals surface area contributed by atoms with Gasteiger partial charge in [0.25, 0.3) is 0 Å². The maximum Gasteiger partial charge on any atom is 0.235 e. The second-order valence-corrected chi connectivity index (χ2v) is 6.62. The molecule has 124 valence electrons. The van der Waals surface area contributed by atoms with Crippen LogP contribution < -0.4 is 4.74 Å². The average Bonchev–Trinajstić information content (AvgIpc) is 3.20. The van der Waals surface area contributed by atoms with Crippen LogP contribution in [-0.4, -0.2) is 26.9 Å². The molecule has 2 heterocycles. The van der Waals surface area contributed by atoms with Crippen molar-refractivity contribution in [3.05, 3.63) is 64.7 Å². The van der Waals surface area contributed by atoms with Crippen LogP contribution in [0.4, 0.5) is 0 Å². The van der Waals surface area contributed by atoms with E-state index in [1.807, 2.05) is 48.6 Å². The van der Waals surface area contributed by atoms with Crippen molar-refractivity contribution in [2.75, 3.05) is 7.11 Å². The van der Waals surface area contributed by atoms with Gasteiger partial charge in [-0.1, -0.05) is 53.3 Å². The highest BCUT2D eigenvalue weighted by Gasteiger charge is 2.12. The van der Waals surface area contributed by atoms with Crippen LogP contribution in [0.15, 0.2) is 48.5 Å². The zero-order chi connectivity index (χ0) is 17.2. The number of aryl methyl sites for hydroxylation is 1. The number of rotatable bonds is 4. The topological polar surface area (TPSA) is 52.3 Å². The Labute approximate surface area is 149 Å². The van der Waals surface area contributed by atoms with Gasteiger partial charge in [0.05, 0.1) is 7.11 Å². The second kappa shape index (κ2) is 6.49. The number of fused-ring (bicyclic) bond motifs is 1. The van der Waals surface area contributed by atoms with E-state index in [0.717, 1.165) is 32.7 Å². The van der Waals surface area contributed by atoms with Crippen molar-refractivity contribution in [3.8, 4) is 17.1 Å². The van der Waals surface area contributed by atoms with Crippen molar-refractivity contribution in [3.63, 3.8) is 0 Å². The molecule has 0 saturated carbocycles. The van der Waals surface area contributed by atoms with E-state index in [1.165, 1.54) is 16.9 Å². The molecule has 0 atom stereocenters. The monoisotopic (exact) mass is 348 g/mol. The van der Waals surface area contributed by atoms with Gasteiger partial charge in [0.1, 0.15) is 10.8 Å². The Balaban J connectivity index is 1.64. The molecule has 4 aromatic rings. The minimum Gasteiger partial charge on any atom is -0.497 e. The molecular weight excluding hydrogens is 332 g/mol. The standard InChI is InChI=1S/C19H16N4OS/c1-13-4-3-5-15(12-13)18-20-21-19-23(18)22-17(25-19)11-8-14-6-9-16(24-2)10-7-14/h3-12H,1-2H3. The molecule has 0 amide bonds. The van der Waals surface area contributed by atoms with Gasteiger partial charge in [-0.05, 0) is 36.8 Å². The Hall–Kier alpha value is -2.99. The van der Waals surface area contributed by atoms with Crippen molar-refractivity contribution in [2.45, 2.75) is 6.92 Å². The van der Waals surface area contributed by atoms with E-state index in [9.17, 15) is 0 Å². The smallest absolute Gasteiger partial charge is 0.235 e. The van der Waals surface area contributed by atoms with Crippen molar-refractivity contribution in [2.24, 2.45) is 0 Å². The molecule has 0 fully saturated rings. The molecule has 5 nitrogen and oxygen atoms in total. The predicted octanol–water partition coefficient (Wildman–Crippen LogP) is 4.34. The van der Waals surface area contributed by atoms with Gasteiger partial charge in [-0.2, -0.15) is 9.61 Å². The van der Waals surface area contributed by atoms with E-state index in [2.05, 4.69) is 34.4 Å². The molecule has 4 rings (SSSR count). The lowest BCUT2D eigenvalue weighted by Crippen LogP contribution is -1.91. The first kappa shape index (κ1) is 15.5. The summed E-state index contributed by atoms with van der Waals surface area (Å²) in [4.78, 5) is 0.783. The van der Waals surface area contributed by atoms with Gasteiger partial charge in [0.2, 0.25) is 4.96 Å². The summed E-state index contributed by atoms with van der Waals surface area (Å²) in [5, 5.41) is 14.0. The van der Waals surface area contributed by atoms with Gasteiger partial charge in [-0.25, -0.2) is 0 Å². The zero-order valence-electron chi connectivity index (χ0n) is 13.9. The van der Waals surface area contributed by atoms with Crippen LogP contribution in [0.5, 0.6) is 5.75 Å². The molecular formula is C19H16N4OS. The summed E-state index contributed by atoms with van der Waals surface area (Å²) in [5.74, 6) is 1.61. The molecule has 6 heteroatoms. The highest BCUT2D eigenvalue weighted by molar-refractivity contribution is 7.17. The summed E-state index contributed by atoms with van der Waals surface area (Å²) in [6.07, 6.45) is 4.01. The number of ether oxygens (including phenoxy) is 1. The van der Waals surface area contributed by atoms with E-state index < -0.39 is 0 Å². The summed E-state index contributed by atoms with van der Waals surface area (Å²) in [5.41, 5.74) is 3.29. The summed E-state index contributed by atoms with van der Waals surface area (Å²) >= 11 is 1.51. The molecule has 25 heavy (non-hydrogen) atoms. The summed E-state index contributed by atoms with van der Waals surface area (Å²) in [7, 11) is 1.66. The van der Waals surface area contributed by atoms with Crippen LogP contribution in [0.3, 0.4) is 0 Å². The lowest BCUT2D eigenvalue weighted by Gasteiger charge is -1.98. The van der Waals surface area contributed by atoms with Gasteiger partial charge in [0.15, 0.2) is 5.82 Å². The highest BCUT2D eigenvalue weighted by atomic mass is 32.1. The molecule has 0 saturated heterocycles. The van der Waals surface area contributed by atoms with Gasteiger partial charge < -0.3 is 4.74 Å². The number of aromatic nitrogens is 4. The summed E-state index contributed by atoms with van der Waals surface area (Å²) in [6, 6.07) is 16.1. The Kier molecular flexibility index (Phi) is 4.03. The Morgan fingerprint density at radius 1 is 1.04 bits per heavy atom. The first-order valence-corrected chi connectivity index (χ1v) is 8.66. The number of methoxy groups -OCH3 is 1. The van der Waals surface area contributed by atoms with E-state index in [4.69, 9.17) is 4.74 Å². The first-order chi connectivity index (χ1) is 12.2. The van der Waals surface area contributed by atoms with Crippen molar-refractivity contribution < 1.29 is 4.74 Å².